The maximum absolute atomic E-state index is 8.82. The number of nitrogens with zero attached hydrogens (tertiary/aromatic N) is 1. The third-order valence-electron chi connectivity index (χ3n) is 2.39. The molecular weight excluding hydrogens is 164 g/mol. The summed E-state index contributed by atoms with van der Waals surface area (Å²) >= 11 is 0. The van der Waals surface area contributed by atoms with E-state index in [1.807, 2.05) is 0 Å². The standard InChI is InChI=1S/C10H22N2O/c1-2-6-12(8-9-13)7-5-11-10-3-4-10/h10-11,13H,2-9H2,1H3. The highest BCUT2D eigenvalue weighted by atomic mass is 16.3. The molecule has 1 saturated carbocycles. The van der Waals surface area contributed by atoms with E-state index in [0.717, 1.165) is 32.2 Å². The van der Waals surface area contributed by atoms with E-state index < -0.39 is 0 Å². The molecular formula is C10H22N2O. The Labute approximate surface area is 81.1 Å². The van der Waals surface area contributed by atoms with Crippen LogP contribution in [0.2, 0.25) is 0 Å². The molecule has 0 unspecified atom stereocenters. The summed E-state index contributed by atoms with van der Waals surface area (Å²) in [6, 6.07) is 0.803. The first-order chi connectivity index (χ1) is 6.36. The molecule has 78 valence electrons. The number of aliphatic hydroxyl groups is 1. The highest BCUT2D eigenvalue weighted by Gasteiger charge is 2.19. The van der Waals surface area contributed by atoms with Gasteiger partial charge in [-0.1, -0.05) is 6.92 Å². The zero-order chi connectivity index (χ0) is 9.52. The van der Waals surface area contributed by atoms with Gasteiger partial charge in [-0.05, 0) is 25.8 Å². The maximum atomic E-state index is 8.82. The van der Waals surface area contributed by atoms with Crippen molar-refractivity contribution in [3.05, 3.63) is 0 Å². The second kappa shape index (κ2) is 6.35. The second-order valence-corrected chi connectivity index (χ2v) is 3.79. The van der Waals surface area contributed by atoms with Crippen molar-refractivity contribution in [2.45, 2.75) is 32.2 Å². The largest absolute Gasteiger partial charge is 0.395 e. The first-order valence-corrected chi connectivity index (χ1v) is 5.43. The molecule has 13 heavy (non-hydrogen) atoms. The molecule has 3 nitrogen and oxygen atoms in total. The van der Waals surface area contributed by atoms with Crippen LogP contribution in [0.25, 0.3) is 0 Å². The van der Waals surface area contributed by atoms with E-state index in [1.54, 1.807) is 0 Å². The molecule has 2 N–H and O–H groups in total. The van der Waals surface area contributed by atoms with Crippen LogP contribution in [0.15, 0.2) is 0 Å². The summed E-state index contributed by atoms with van der Waals surface area (Å²) in [4.78, 5) is 2.31. The Morgan fingerprint density at radius 1 is 1.31 bits per heavy atom. The van der Waals surface area contributed by atoms with Crippen LogP contribution in [0, 0.1) is 0 Å². The normalized spacial score (nSPS) is 16.8. The van der Waals surface area contributed by atoms with Gasteiger partial charge in [0.2, 0.25) is 0 Å². The third kappa shape index (κ3) is 5.24. The summed E-state index contributed by atoms with van der Waals surface area (Å²) in [6.07, 6.45) is 3.88. The van der Waals surface area contributed by atoms with E-state index in [4.69, 9.17) is 5.11 Å². The van der Waals surface area contributed by atoms with Crippen molar-refractivity contribution in [2.75, 3.05) is 32.8 Å². The van der Waals surface area contributed by atoms with E-state index in [2.05, 4.69) is 17.1 Å². The Balaban J connectivity index is 1.98. The molecule has 3 heteroatoms. The van der Waals surface area contributed by atoms with Crippen molar-refractivity contribution in [3.63, 3.8) is 0 Å². The van der Waals surface area contributed by atoms with Gasteiger partial charge >= 0.3 is 0 Å². The van der Waals surface area contributed by atoms with Crippen LogP contribution in [0.3, 0.4) is 0 Å². The molecule has 0 amide bonds. The predicted molar refractivity (Wildman–Crippen MR) is 54.8 cm³/mol. The molecule has 0 bridgehead atoms. The SMILES string of the molecule is CCCN(CCO)CCNC1CC1. The number of rotatable bonds is 8. The summed E-state index contributed by atoms with van der Waals surface area (Å²) in [5, 5.41) is 12.3. The van der Waals surface area contributed by atoms with Gasteiger partial charge < -0.3 is 10.4 Å². The van der Waals surface area contributed by atoms with E-state index >= 15 is 0 Å². The molecule has 0 radical (unpaired) electrons. The highest BCUT2D eigenvalue weighted by Crippen LogP contribution is 2.17. The fraction of sp³-hybridized carbons (Fsp3) is 1.00. The van der Waals surface area contributed by atoms with Gasteiger partial charge in [-0.15, -0.1) is 0 Å². The van der Waals surface area contributed by atoms with Crippen molar-refractivity contribution in [2.24, 2.45) is 0 Å². The minimum atomic E-state index is 0.281. The number of nitrogens with one attached hydrogen (secondary N) is 1. The molecule has 1 aliphatic carbocycles. The summed E-state index contributed by atoms with van der Waals surface area (Å²) in [5.74, 6) is 0. The number of aliphatic hydroxyl groups excluding tert-OH is 1. The molecule has 0 aromatic carbocycles. The lowest BCUT2D eigenvalue weighted by Gasteiger charge is -2.20. The first-order valence-electron chi connectivity index (χ1n) is 5.43. The highest BCUT2D eigenvalue weighted by molar-refractivity contribution is 4.80. The number of hydrogen-bond acceptors (Lipinski definition) is 3. The fourth-order valence-corrected chi connectivity index (χ4v) is 1.51. The molecule has 0 saturated heterocycles. The molecule has 0 aromatic heterocycles. The second-order valence-electron chi connectivity index (χ2n) is 3.79. The maximum Gasteiger partial charge on any atom is 0.0558 e. The van der Waals surface area contributed by atoms with Gasteiger partial charge in [-0.25, -0.2) is 0 Å². The van der Waals surface area contributed by atoms with Gasteiger partial charge in [0, 0.05) is 25.7 Å². The summed E-state index contributed by atoms with van der Waals surface area (Å²) in [6.45, 7) is 6.53. The van der Waals surface area contributed by atoms with Crippen LogP contribution in [0.1, 0.15) is 26.2 Å². The topological polar surface area (TPSA) is 35.5 Å². The molecule has 0 aliphatic heterocycles. The zero-order valence-corrected chi connectivity index (χ0v) is 8.63. The average molecular weight is 186 g/mol. The van der Waals surface area contributed by atoms with E-state index in [-0.39, 0.29) is 6.61 Å². The molecule has 1 rings (SSSR count). The number of hydrogen-bond donors (Lipinski definition) is 2. The Morgan fingerprint density at radius 3 is 2.62 bits per heavy atom. The third-order valence-corrected chi connectivity index (χ3v) is 2.39. The van der Waals surface area contributed by atoms with E-state index in [1.165, 1.54) is 19.3 Å². The smallest absolute Gasteiger partial charge is 0.0558 e. The quantitative estimate of drug-likeness (QED) is 0.577. The lowest BCUT2D eigenvalue weighted by molar-refractivity contribution is 0.196. The monoisotopic (exact) mass is 186 g/mol. The summed E-state index contributed by atoms with van der Waals surface area (Å²) in [5.41, 5.74) is 0. The lowest BCUT2D eigenvalue weighted by atomic mass is 10.4. The van der Waals surface area contributed by atoms with Crippen molar-refractivity contribution in [3.8, 4) is 0 Å². The van der Waals surface area contributed by atoms with E-state index in [9.17, 15) is 0 Å². The van der Waals surface area contributed by atoms with Crippen molar-refractivity contribution in [1.29, 1.82) is 0 Å². The van der Waals surface area contributed by atoms with Crippen molar-refractivity contribution < 1.29 is 5.11 Å². The van der Waals surface area contributed by atoms with Crippen LogP contribution in [0.4, 0.5) is 0 Å². The van der Waals surface area contributed by atoms with Gasteiger partial charge in [-0.2, -0.15) is 0 Å². The Bertz CT molecular complexity index is 120. The molecule has 1 aliphatic rings. The van der Waals surface area contributed by atoms with Crippen LogP contribution >= 0.6 is 0 Å². The predicted octanol–water partition coefficient (Wildman–Crippen LogP) is 0.443. The zero-order valence-electron chi connectivity index (χ0n) is 8.63. The van der Waals surface area contributed by atoms with Gasteiger partial charge in [-0.3, -0.25) is 4.90 Å². The van der Waals surface area contributed by atoms with Gasteiger partial charge in [0.15, 0.2) is 0 Å². The van der Waals surface area contributed by atoms with Crippen LogP contribution in [-0.4, -0.2) is 48.8 Å². The minimum Gasteiger partial charge on any atom is -0.395 e. The van der Waals surface area contributed by atoms with Gasteiger partial charge in [0.05, 0.1) is 6.61 Å². The summed E-state index contributed by atoms with van der Waals surface area (Å²) in [7, 11) is 0. The molecule has 0 spiro atoms. The van der Waals surface area contributed by atoms with Crippen LogP contribution in [0.5, 0.6) is 0 Å². The van der Waals surface area contributed by atoms with Gasteiger partial charge in [0.1, 0.15) is 0 Å². The molecule has 0 atom stereocenters. The van der Waals surface area contributed by atoms with Crippen LogP contribution < -0.4 is 5.32 Å². The minimum absolute atomic E-state index is 0.281. The molecule has 0 heterocycles. The van der Waals surface area contributed by atoms with Gasteiger partial charge in [0.25, 0.3) is 0 Å². The van der Waals surface area contributed by atoms with Crippen LogP contribution in [-0.2, 0) is 0 Å². The Morgan fingerprint density at radius 2 is 2.08 bits per heavy atom. The summed E-state index contributed by atoms with van der Waals surface area (Å²) < 4.78 is 0. The molecule has 0 aromatic rings. The van der Waals surface area contributed by atoms with E-state index in [0.29, 0.717) is 0 Å². The van der Waals surface area contributed by atoms with Crippen molar-refractivity contribution in [1.82, 2.24) is 10.2 Å². The Kier molecular flexibility index (Phi) is 5.35. The fourth-order valence-electron chi connectivity index (χ4n) is 1.51. The average Bonchev–Trinajstić information content (AvgIpc) is 2.89. The first kappa shape index (κ1) is 11.0. The lowest BCUT2D eigenvalue weighted by Crippen LogP contribution is -2.35. The Hall–Kier alpha value is -0.120. The van der Waals surface area contributed by atoms with Crippen molar-refractivity contribution >= 4 is 0 Å². The molecule has 1 fully saturated rings.